The molecule has 0 atom stereocenters. The Morgan fingerprint density at radius 2 is 2.18 bits per heavy atom. The van der Waals surface area contributed by atoms with Gasteiger partial charge in [-0.1, -0.05) is 18.2 Å². The van der Waals surface area contributed by atoms with Gasteiger partial charge in [-0.25, -0.2) is 4.98 Å². The van der Waals surface area contributed by atoms with Crippen LogP contribution in [-0.2, 0) is 24.2 Å². The predicted octanol–water partition coefficient (Wildman–Crippen LogP) is 2.73. The van der Waals surface area contributed by atoms with E-state index in [4.69, 9.17) is 0 Å². The van der Waals surface area contributed by atoms with E-state index < -0.39 is 0 Å². The van der Waals surface area contributed by atoms with Crippen LogP contribution in [0.5, 0.6) is 0 Å². The number of fused-ring (bicyclic) bond motifs is 1. The summed E-state index contributed by atoms with van der Waals surface area (Å²) in [6.45, 7) is 1.63. The molecule has 22 heavy (non-hydrogen) atoms. The van der Waals surface area contributed by atoms with Gasteiger partial charge in [0, 0.05) is 24.2 Å². The van der Waals surface area contributed by atoms with Crippen LogP contribution in [0.4, 0.5) is 5.69 Å². The van der Waals surface area contributed by atoms with Crippen LogP contribution in [0.3, 0.4) is 0 Å². The van der Waals surface area contributed by atoms with Crippen molar-refractivity contribution in [2.45, 2.75) is 25.8 Å². The highest BCUT2D eigenvalue weighted by Gasteiger charge is 2.22. The Kier molecular flexibility index (Phi) is 4.55. The van der Waals surface area contributed by atoms with Crippen molar-refractivity contribution in [1.82, 2.24) is 9.88 Å². The molecule has 1 aliphatic rings. The van der Waals surface area contributed by atoms with E-state index in [0.29, 0.717) is 6.42 Å². The van der Waals surface area contributed by atoms with E-state index in [1.165, 1.54) is 5.56 Å². The van der Waals surface area contributed by atoms with Crippen LogP contribution in [-0.4, -0.2) is 36.4 Å². The van der Waals surface area contributed by atoms with Crippen LogP contribution >= 0.6 is 11.3 Å². The molecule has 1 aliphatic heterocycles. The van der Waals surface area contributed by atoms with Crippen LogP contribution in [0.25, 0.3) is 0 Å². The molecule has 0 radical (unpaired) electrons. The van der Waals surface area contributed by atoms with Crippen molar-refractivity contribution in [3.63, 3.8) is 0 Å². The van der Waals surface area contributed by atoms with E-state index in [-0.39, 0.29) is 5.91 Å². The lowest BCUT2D eigenvalue weighted by molar-refractivity contribution is -0.118. The molecule has 2 aromatic rings. The maximum Gasteiger partial charge on any atom is 0.233 e. The Hall–Kier alpha value is -1.72. The van der Waals surface area contributed by atoms with Gasteiger partial charge in [-0.2, -0.15) is 0 Å². The molecule has 0 spiro atoms. The molecular weight excluding hydrogens is 294 g/mol. The summed E-state index contributed by atoms with van der Waals surface area (Å²) in [7, 11) is 4.05. The van der Waals surface area contributed by atoms with Crippen LogP contribution in [0.15, 0.2) is 29.6 Å². The molecule has 0 N–H and O–H groups in total. The van der Waals surface area contributed by atoms with Gasteiger partial charge in [0.05, 0.1) is 12.1 Å². The average molecular weight is 315 g/mol. The highest BCUT2D eigenvalue weighted by molar-refractivity contribution is 7.09. The molecule has 3 rings (SSSR count). The highest BCUT2D eigenvalue weighted by Crippen LogP contribution is 2.27. The molecule has 0 saturated carbocycles. The zero-order valence-corrected chi connectivity index (χ0v) is 13.9. The lowest BCUT2D eigenvalue weighted by atomic mass is 10.0. The molecule has 1 aromatic heterocycles. The van der Waals surface area contributed by atoms with Gasteiger partial charge >= 0.3 is 0 Å². The SMILES string of the molecule is CN(C)Cc1nc(CC(=O)N2CCCc3ccccc32)cs1. The summed E-state index contributed by atoms with van der Waals surface area (Å²) in [4.78, 5) is 21.2. The number of hydrogen-bond acceptors (Lipinski definition) is 4. The number of amides is 1. The molecule has 0 bridgehead atoms. The predicted molar refractivity (Wildman–Crippen MR) is 90.3 cm³/mol. The minimum atomic E-state index is 0.147. The van der Waals surface area contributed by atoms with Crippen LogP contribution < -0.4 is 4.90 Å². The number of carbonyl (C=O) groups excluding carboxylic acids is 1. The normalized spacial score (nSPS) is 14.2. The van der Waals surface area contributed by atoms with Gasteiger partial charge in [0.15, 0.2) is 0 Å². The molecule has 1 aromatic carbocycles. The highest BCUT2D eigenvalue weighted by atomic mass is 32.1. The first-order chi connectivity index (χ1) is 10.6. The number of nitrogens with zero attached hydrogens (tertiary/aromatic N) is 3. The molecule has 0 aliphatic carbocycles. The molecule has 1 amide bonds. The summed E-state index contributed by atoms with van der Waals surface area (Å²) in [5, 5.41) is 3.07. The molecular formula is C17H21N3OS. The van der Waals surface area contributed by atoms with E-state index in [0.717, 1.165) is 42.3 Å². The molecule has 0 unspecified atom stereocenters. The zero-order valence-electron chi connectivity index (χ0n) is 13.1. The van der Waals surface area contributed by atoms with Crippen LogP contribution in [0.2, 0.25) is 0 Å². The van der Waals surface area contributed by atoms with Crippen molar-refractivity contribution in [3.05, 3.63) is 45.9 Å². The second-order valence-electron chi connectivity index (χ2n) is 5.92. The second kappa shape index (κ2) is 6.58. The fourth-order valence-corrected chi connectivity index (χ4v) is 3.73. The number of aryl methyl sites for hydroxylation is 1. The number of anilines is 1. The summed E-state index contributed by atoms with van der Waals surface area (Å²) in [6, 6.07) is 8.21. The van der Waals surface area contributed by atoms with Crippen molar-refractivity contribution in [3.8, 4) is 0 Å². The Labute approximate surface area is 135 Å². The summed E-state index contributed by atoms with van der Waals surface area (Å²) in [5.74, 6) is 0.147. The van der Waals surface area contributed by atoms with Crippen molar-refractivity contribution in [2.24, 2.45) is 0 Å². The number of rotatable bonds is 4. The third kappa shape index (κ3) is 3.36. The van der Waals surface area contributed by atoms with Gasteiger partial charge in [-0.3, -0.25) is 4.79 Å². The van der Waals surface area contributed by atoms with E-state index in [2.05, 4.69) is 16.0 Å². The number of aromatic nitrogens is 1. The van der Waals surface area contributed by atoms with Gasteiger partial charge in [0.1, 0.15) is 5.01 Å². The molecule has 0 fully saturated rings. The minimum absolute atomic E-state index is 0.147. The quantitative estimate of drug-likeness (QED) is 0.870. The number of benzene rings is 1. The van der Waals surface area contributed by atoms with Crippen molar-refractivity contribution >= 4 is 22.9 Å². The first-order valence-corrected chi connectivity index (χ1v) is 8.48. The third-order valence-corrected chi connectivity index (χ3v) is 4.68. The minimum Gasteiger partial charge on any atom is -0.312 e. The molecule has 0 saturated heterocycles. The van der Waals surface area contributed by atoms with Gasteiger partial charge in [0.2, 0.25) is 5.91 Å². The Bertz CT molecular complexity index is 665. The van der Waals surface area contributed by atoms with E-state index in [1.54, 1.807) is 11.3 Å². The first-order valence-electron chi connectivity index (χ1n) is 7.60. The van der Waals surface area contributed by atoms with E-state index in [1.807, 2.05) is 42.6 Å². The van der Waals surface area contributed by atoms with Crippen LogP contribution in [0, 0.1) is 0 Å². The second-order valence-corrected chi connectivity index (χ2v) is 6.87. The fraction of sp³-hybridized carbons (Fsp3) is 0.412. The maximum atomic E-state index is 12.6. The van der Waals surface area contributed by atoms with Gasteiger partial charge in [-0.15, -0.1) is 11.3 Å². The smallest absolute Gasteiger partial charge is 0.233 e. The number of para-hydroxylation sites is 1. The maximum absolute atomic E-state index is 12.6. The molecule has 2 heterocycles. The lowest BCUT2D eigenvalue weighted by Gasteiger charge is -2.29. The van der Waals surface area contributed by atoms with Gasteiger partial charge in [0.25, 0.3) is 0 Å². The average Bonchev–Trinajstić information content (AvgIpc) is 2.92. The summed E-state index contributed by atoms with van der Waals surface area (Å²) in [6.07, 6.45) is 2.48. The number of hydrogen-bond donors (Lipinski definition) is 0. The summed E-state index contributed by atoms with van der Waals surface area (Å²) in [5.41, 5.74) is 3.23. The summed E-state index contributed by atoms with van der Waals surface area (Å²) >= 11 is 1.63. The fourth-order valence-electron chi connectivity index (χ4n) is 2.82. The van der Waals surface area contributed by atoms with Gasteiger partial charge in [-0.05, 0) is 38.6 Å². The number of carbonyl (C=O) groups is 1. The Morgan fingerprint density at radius 1 is 1.36 bits per heavy atom. The van der Waals surface area contributed by atoms with E-state index >= 15 is 0 Å². The van der Waals surface area contributed by atoms with Gasteiger partial charge < -0.3 is 9.80 Å². The first kappa shape index (κ1) is 15.2. The molecule has 116 valence electrons. The van der Waals surface area contributed by atoms with Crippen molar-refractivity contribution in [1.29, 1.82) is 0 Å². The standard InChI is InChI=1S/C17H21N3OS/c1-19(2)11-16-18-14(12-22-16)10-17(21)20-9-5-7-13-6-3-4-8-15(13)20/h3-4,6,8,12H,5,7,9-11H2,1-2H3. The number of thiazole rings is 1. The third-order valence-electron chi connectivity index (χ3n) is 3.79. The molecule has 4 nitrogen and oxygen atoms in total. The van der Waals surface area contributed by atoms with Crippen molar-refractivity contribution in [2.75, 3.05) is 25.5 Å². The zero-order chi connectivity index (χ0) is 15.5. The Morgan fingerprint density at radius 3 is 3.00 bits per heavy atom. The van der Waals surface area contributed by atoms with Crippen molar-refractivity contribution < 1.29 is 4.79 Å². The summed E-state index contributed by atoms with van der Waals surface area (Å²) < 4.78 is 0. The Balaban J connectivity index is 1.71. The topological polar surface area (TPSA) is 36.4 Å². The molecule has 5 heteroatoms. The largest absolute Gasteiger partial charge is 0.312 e. The lowest BCUT2D eigenvalue weighted by Crippen LogP contribution is -2.36. The monoisotopic (exact) mass is 315 g/mol. The van der Waals surface area contributed by atoms with E-state index in [9.17, 15) is 4.79 Å². The van der Waals surface area contributed by atoms with Crippen LogP contribution in [0.1, 0.15) is 22.7 Å².